The van der Waals surface area contributed by atoms with Crippen LogP contribution in [0.15, 0.2) is 30.3 Å². The minimum absolute atomic E-state index is 0.119. The highest BCUT2D eigenvalue weighted by Gasteiger charge is 2.50. The second kappa shape index (κ2) is 4.51. The molecule has 0 bridgehead atoms. The quantitative estimate of drug-likeness (QED) is 0.884. The second-order valence-corrected chi connectivity index (χ2v) is 6.06. The molecule has 96 valence electrons. The number of carbonyl (C=O) groups is 1. The summed E-state index contributed by atoms with van der Waals surface area (Å²) in [4.78, 5) is 12.6. The lowest BCUT2D eigenvalue weighted by molar-refractivity contribution is -0.130. The summed E-state index contributed by atoms with van der Waals surface area (Å²) in [5, 5.41) is 3.37. The van der Waals surface area contributed by atoms with Gasteiger partial charge in [-0.2, -0.15) is 0 Å². The predicted molar refractivity (Wildman–Crippen MR) is 72.5 cm³/mol. The van der Waals surface area contributed by atoms with Gasteiger partial charge in [0.1, 0.15) is 5.78 Å². The number of hydrogen-bond donors (Lipinski definition) is 1. The van der Waals surface area contributed by atoms with E-state index in [2.05, 4.69) is 36.5 Å². The summed E-state index contributed by atoms with van der Waals surface area (Å²) in [7, 11) is 0. The summed E-state index contributed by atoms with van der Waals surface area (Å²) in [6.45, 7) is 4.07. The normalized spacial score (nSPS) is 35.2. The van der Waals surface area contributed by atoms with Crippen molar-refractivity contribution in [3.05, 3.63) is 35.9 Å². The number of piperidine rings is 1. The molecule has 2 nitrogen and oxygen atoms in total. The molecule has 1 aromatic rings. The van der Waals surface area contributed by atoms with E-state index in [1.165, 1.54) is 5.56 Å². The van der Waals surface area contributed by atoms with Crippen LogP contribution in [0.4, 0.5) is 0 Å². The van der Waals surface area contributed by atoms with Gasteiger partial charge in [0, 0.05) is 17.9 Å². The lowest BCUT2D eigenvalue weighted by Crippen LogP contribution is -2.44. The van der Waals surface area contributed by atoms with Crippen LogP contribution in [-0.4, -0.2) is 18.9 Å². The van der Waals surface area contributed by atoms with Gasteiger partial charge in [0.25, 0.3) is 0 Å². The van der Waals surface area contributed by atoms with Crippen molar-refractivity contribution in [3.8, 4) is 0 Å². The van der Waals surface area contributed by atoms with E-state index >= 15 is 0 Å². The van der Waals surface area contributed by atoms with Crippen LogP contribution in [0.2, 0.25) is 0 Å². The van der Waals surface area contributed by atoms with Crippen molar-refractivity contribution in [3.63, 3.8) is 0 Å². The van der Waals surface area contributed by atoms with Gasteiger partial charge >= 0.3 is 0 Å². The van der Waals surface area contributed by atoms with Crippen molar-refractivity contribution in [1.29, 1.82) is 0 Å². The van der Waals surface area contributed by atoms with Gasteiger partial charge in [-0.3, -0.25) is 4.79 Å². The van der Waals surface area contributed by atoms with Crippen LogP contribution >= 0.6 is 0 Å². The Morgan fingerprint density at radius 3 is 2.78 bits per heavy atom. The second-order valence-electron chi connectivity index (χ2n) is 6.06. The fourth-order valence-corrected chi connectivity index (χ4v) is 3.27. The third-order valence-electron chi connectivity index (χ3n) is 4.55. The van der Waals surface area contributed by atoms with Crippen molar-refractivity contribution in [2.45, 2.75) is 32.1 Å². The molecule has 1 aromatic carbocycles. The number of hydrogen-bond acceptors (Lipinski definition) is 2. The molecule has 2 aliphatic rings. The predicted octanol–water partition coefficient (Wildman–Crippen LogP) is 2.75. The average Bonchev–Trinajstić information content (AvgIpc) is 3.20. The number of benzene rings is 1. The number of carbonyl (C=O) groups excluding carboxylic acids is 1. The number of Topliss-reactive ketones (excluding diaryl/α,β-unsaturated/α-hetero) is 1. The first kappa shape index (κ1) is 11.9. The molecule has 3 unspecified atom stereocenters. The smallest absolute Gasteiger partial charge is 0.143 e. The minimum atomic E-state index is -0.119. The van der Waals surface area contributed by atoms with Gasteiger partial charge in [-0.25, -0.2) is 0 Å². The summed E-state index contributed by atoms with van der Waals surface area (Å²) < 4.78 is 0. The highest BCUT2D eigenvalue weighted by atomic mass is 16.1. The monoisotopic (exact) mass is 243 g/mol. The Morgan fingerprint density at radius 2 is 2.11 bits per heavy atom. The number of rotatable bonds is 3. The zero-order chi connectivity index (χ0) is 12.6. The third kappa shape index (κ3) is 2.10. The van der Waals surface area contributed by atoms with Gasteiger partial charge in [-0.15, -0.1) is 0 Å². The molecule has 1 saturated carbocycles. The molecule has 0 radical (unpaired) electrons. The highest BCUT2D eigenvalue weighted by molar-refractivity contribution is 5.90. The van der Waals surface area contributed by atoms with Gasteiger partial charge in [0.2, 0.25) is 0 Å². The summed E-state index contributed by atoms with van der Waals surface area (Å²) >= 11 is 0. The van der Waals surface area contributed by atoms with Crippen LogP contribution in [0.25, 0.3) is 0 Å². The van der Waals surface area contributed by atoms with E-state index in [1.54, 1.807) is 0 Å². The molecular formula is C16H21NO. The number of nitrogens with one attached hydrogen (secondary N) is 1. The number of ketones is 1. The van der Waals surface area contributed by atoms with E-state index in [1.807, 2.05) is 6.07 Å². The topological polar surface area (TPSA) is 29.1 Å². The lowest BCUT2D eigenvalue weighted by Gasteiger charge is -2.32. The van der Waals surface area contributed by atoms with Crippen molar-refractivity contribution >= 4 is 5.78 Å². The van der Waals surface area contributed by atoms with E-state index in [4.69, 9.17) is 0 Å². The SMILES string of the molecule is CC1(C(=O)C2CC2c2ccccc2)CCCNC1. The van der Waals surface area contributed by atoms with Crippen molar-refractivity contribution in [2.75, 3.05) is 13.1 Å². The summed E-state index contributed by atoms with van der Waals surface area (Å²) in [5.41, 5.74) is 1.22. The molecule has 2 heteroatoms. The molecule has 18 heavy (non-hydrogen) atoms. The van der Waals surface area contributed by atoms with Gasteiger partial charge in [0.15, 0.2) is 0 Å². The summed E-state index contributed by atoms with van der Waals surface area (Å²) in [6, 6.07) is 10.5. The molecule has 3 atom stereocenters. The maximum absolute atomic E-state index is 12.6. The Labute approximate surface area is 109 Å². The summed E-state index contributed by atoms with van der Waals surface area (Å²) in [5.74, 6) is 1.25. The van der Waals surface area contributed by atoms with E-state index in [9.17, 15) is 4.79 Å². The first-order chi connectivity index (χ1) is 8.71. The Hall–Kier alpha value is -1.15. The first-order valence-corrected chi connectivity index (χ1v) is 7.01. The average molecular weight is 243 g/mol. The Bertz CT molecular complexity index is 434. The first-order valence-electron chi connectivity index (χ1n) is 7.01. The molecule has 0 amide bonds. The highest BCUT2D eigenvalue weighted by Crippen LogP contribution is 2.51. The van der Waals surface area contributed by atoms with Gasteiger partial charge in [0.05, 0.1) is 0 Å². The largest absolute Gasteiger partial charge is 0.316 e. The van der Waals surface area contributed by atoms with Crippen LogP contribution < -0.4 is 5.32 Å². The van der Waals surface area contributed by atoms with Crippen LogP contribution in [0.1, 0.15) is 37.7 Å². The van der Waals surface area contributed by atoms with Gasteiger partial charge in [-0.05, 0) is 37.3 Å². The molecule has 0 spiro atoms. The zero-order valence-electron chi connectivity index (χ0n) is 11.0. The summed E-state index contributed by atoms with van der Waals surface area (Å²) in [6.07, 6.45) is 3.24. The maximum atomic E-state index is 12.6. The standard InChI is InChI=1S/C16H21NO/c1-16(8-5-9-17-11-16)15(18)14-10-13(14)12-6-3-2-4-7-12/h2-4,6-7,13-14,17H,5,8-11H2,1H3. The van der Waals surface area contributed by atoms with Crippen LogP contribution in [-0.2, 0) is 4.79 Å². The third-order valence-corrected chi connectivity index (χ3v) is 4.55. The maximum Gasteiger partial charge on any atom is 0.143 e. The fourth-order valence-electron chi connectivity index (χ4n) is 3.27. The molecule has 1 aliphatic heterocycles. The fraction of sp³-hybridized carbons (Fsp3) is 0.562. The lowest BCUT2D eigenvalue weighted by atomic mass is 9.76. The molecule has 1 heterocycles. The van der Waals surface area contributed by atoms with E-state index in [0.717, 1.165) is 32.4 Å². The Morgan fingerprint density at radius 1 is 1.33 bits per heavy atom. The Balaban J connectivity index is 1.69. The van der Waals surface area contributed by atoms with Gasteiger partial charge in [-0.1, -0.05) is 37.3 Å². The molecular weight excluding hydrogens is 222 g/mol. The van der Waals surface area contributed by atoms with Crippen molar-refractivity contribution in [2.24, 2.45) is 11.3 Å². The molecule has 1 N–H and O–H groups in total. The molecule has 3 rings (SSSR count). The Kier molecular flexibility index (Phi) is 2.98. The van der Waals surface area contributed by atoms with Crippen LogP contribution in [0.3, 0.4) is 0 Å². The van der Waals surface area contributed by atoms with Crippen molar-refractivity contribution < 1.29 is 4.79 Å². The zero-order valence-corrected chi connectivity index (χ0v) is 11.0. The minimum Gasteiger partial charge on any atom is -0.316 e. The van der Waals surface area contributed by atoms with Crippen molar-refractivity contribution in [1.82, 2.24) is 5.32 Å². The van der Waals surface area contributed by atoms with Crippen LogP contribution in [0.5, 0.6) is 0 Å². The van der Waals surface area contributed by atoms with E-state index in [0.29, 0.717) is 11.7 Å². The molecule has 1 saturated heterocycles. The van der Waals surface area contributed by atoms with E-state index < -0.39 is 0 Å². The molecule has 2 fully saturated rings. The van der Waals surface area contributed by atoms with E-state index in [-0.39, 0.29) is 11.3 Å². The molecule has 1 aliphatic carbocycles. The van der Waals surface area contributed by atoms with Crippen LogP contribution in [0, 0.1) is 11.3 Å². The van der Waals surface area contributed by atoms with Gasteiger partial charge < -0.3 is 5.32 Å². The molecule has 0 aromatic heterocycles.